The fraction of sp³-hybridized carbons (Fsp3) is 0.231. The minimum Gasteiger partial charge on any atom is -0.367 e. The Morgan fingerprint density at radius 1 is 0.600 bits per heavy atom. The van der Waals surface area contributed by atoms with Crippen molar-refractivity contribution < 1.29 is 13.0 Å². The quantitative estimate of drug-likeness (QED) is 0.112. The predicted octanol–water partition coefficient (Wildman–Crippen LogP) is 8.78. The summed E-state index contributed by atoms with van der Waals surface area (Å²) in [5, 5.41) is 0. The highest BCUT2D eigenvalue weighted by atomic mass is 32.2. The van der Waals surface area contributed by atoms with Crippen LogP contribution in [0, 0.1) is 13.8 Å². The molecule has 5 nitrogen and oxygen atoms in total. The summed E-state index contributed by atoms with van der Waals surface area (Å²) in [6.45, 7) is 11.7. The summed E-state index contributed by atoms with van der Waals surface area (Å²) < 4.78 is 32.9. The van der Waals surface area contributed by atoms with Crippen LogP contribution >= 0.6 is 0 Å². The molecular formula is C39H42N2O3S. The molecule has 0 saturated heterocycles. The van der Waals surface area contributed by atoms with E-state index < -0.39 is 10.1 Å². The highest BCUT2D eigenvalue weighted by Crippen LogP contribution is 2.37. The standard InChI is InChI=1S/C39H42N2O3S/c1-5-40(27-31-14-8-7-9-15-31)35-22-18-33(19-23-35)39(38-29(3)12-10-13-30(38)4)34-20-24-36(25-21-34)41(6-2)28-32-16-11-17-37(26-32)45(42,43)44/h7-26,39H,5-6,27-28H2,1-4H3,(H,42,43,44). The third kappa shape index (κ3) is 7.64. The lowest BCUT2D eigenvalue weighted by atomic mass is 9.81. The fourth-order valence-electron chi connectivity index (χ4n) is 6.16. The molecule has 0 heterocycles. The van der Waals surface area contributed by atoms with Gasteiger partial charge in [0, 0.05) is 43.5 Å². The van der Waals surface area contributed by atoms with Crippen LogP contribution in [-0.4, -0.2) is 26.1 Å². The predicted molar refractivity (Wildman–Crippen MR) is 186 cm³/mol. The molecule has 0 saturated carbocycles. The first-order valence-corrected chi connectivity index (χ1v) is 17.0. The van der Waals surface area contributed by atoms with Crippen molar-refractivity contribution >= 4 is 21.5 Å². The molecule has 1 atom stereocenters. The Balaban J connectivity index is 1.46. The van der Waals surface area contributed by atoms with Gasteiger partial charge in [0.05, 0.1) is 4.90 Å². The van der Waals surface area contributed by atoms with Gasteiger partial charge < -0.3 is 9.80 Å². The van der Waals surface area contributed by atoms with Gasteiger partial charge in [0.2, 0.25) is 0 Å². The summed E-state index contributed by atoms with van der Waals surface area (Å²) in [6.07, 6.45) is 0. The summed E-state index contributed by atoms with van der Waals surface area (Å²) in [7, 11) is -4.25. The molecule has 0 spiro atoms. The molecule has 1 unspecified atom stereocenters. The Bertz CT molecular complexity index is 1800. The van der Waals surface area contributed by atoms with Gasteiger partial charge in [-0.2, -0.15) is 8.42 Å². The van der Waals surface area contributed by atoms with E-state index in [0.717, 1.165) is 30.9 Å². The van der Waals surface area contributed by atoms with Gasteiger partial charge in [-0.3, -0.25) is 4.55 Å². The van der Waals surface area contributed by atoms with Crippen molar-refractivity contribution in [3.8, 4) is 0 Å². The molecule has 0 aliphatic carbocycles. The zero-order valence-corrected chi connectivity index (χ0v) is 27.3. The number of aryl methyl sites for hydroxylation is 2. The number of hydrogen-bond donors (Lipinski definition) is 1. The Kier molecular flexibility index (Phi) is 10.1. The lowest BCUT2D eigenvalue weighted by molar-refractivity contribution is 0.483. The van der Waals surface area contributed by atoms with E-state index in [-0.39, 0.29) is 10.8 Å². The first kappa shape index (κ1) is 32.0. The molecule has 0 bridgehead atoms. The second-order valence-electron chi connectivity index (χ2n) is 11.6. The molecule has 232 valence electrons. The molecule has 0 aliphatic rings. The van der Waals surface area contributed by atoms with E-state index in [1.54, 1.807) is 6.07 Å². The molecule has 5 rings (SSSR count). The summed E-state index contributed by atoms with van der Waals surface area (Å²) >= 11 is 0. The summed E-state index contributed by atoms with van der Waals surface area (Å²) in [5.74, 6) is 0.0695. The SMILES string of the molecule is CCN(Cc1ccccc1)c1ccc(C(c2ccc(N(CC)Cc3cccc(S(=O)(=O)O)c3)cc2)c2c(C)cccc2C)cc1. The lowest BCUT2D eigenvalue weighted by Gasteiger charge is -2.27. The molecule has 0 aromatic heterocycles. The van der Waals surface area contributed by atoms with Crippen LogP contribution in [0.25, 0.3) is 0 Å². The van der Waals surface area contributed by atoms with E-state index in [4.69, 9.17) is 0 Å². The number of hydrogen-bond acceptors (Lipinski definition) is 4. The van der Waals surface area contributed by atoms with Crippen molar-refractivity contribution in [2.24, 2.45) is 0 Å². The maximum absolute atomic E-state index is 11.7. The van der Waals surface area contributed by atoms with E-state index in [2.05, 4.69) is 135 Å². The van der Waals surface area contributed by atoms with Crippen molar-refractivity contribution in [2.45, 2.75) is 51.6 Å². The van der Waals surface area contributed by atoms with Gasteiger partial charge in [0.15, 0.2) is 0 Å². The van der Waals surface area contributed by atoms with Gasteiger partial charge in [0.1, 0.15) is 0 Å². The van der Waals surface area contributed by atoms with Crippen molar-refractivity contribution in [1.82, 2.24) is 0 Å². The molecular weight excluding hydrogens is 577 g/mol. The first-order valence-electron chi connectivity index (χ1n) is 15.5. The third-order valence-corrected chi connectivity index (χ3v) is 9.41. The van der Waals surface area contributed by atoms with Crippen LogP contribution in [0.1, 0.15) is 58.7 Å². The van der Waals surface area contributed by atoms with Crippen LogP contribution in [0.2, 0.25) is 0 Å². The monoisotopic (exact) mass is 618 g/mol. The van der Waals surface area contributed by atoms with E-state index >= 15 is 0 Å². The largest absolute Gasteiger partial charge is 0.367 e. The van der Waals surface area contributed by atoms with Crippen LogP contribution in [0.3, 0.4) is 0 Å². The topological polar surface area (TPSA) is 60.9 Å². The average Bonchev–Trinajstić information content (AvgIpc) is 3.05. The minimum absolute atomic E-state index is 0.0695. The van der Waals surface area contributed by atoms with Crippen molar-refractivity contribution in [3.05, 3.63) is 160 Å². The zero-order valence-electron chi connectivity index (χ0n) is 26.5. The Hall–Kier alpha value is -4.39. The molecule has 0 amide bonds. The van der Waals surface area contributed by atoms with Gasteiger partial charge in [-0.25, -0.2) is 0 Å². The van der Waals surface area contributed by atoms with E-state index in [0.29, 0.717) is 6.54 Å². The highest BCUT2D eigenvalue weighted by Gasteiger charge is 2.22. The average molecular weight is 619 g/mol. The maximum atomic E-state index is 11.7. The van der Waals surface area contributed by atoms with Crippen LogP contribution in [0.4, 0.5) is 11.4 Å². The number of anilines is 2. The Morgan fingerprint density at radius 2 is 1.07 bits per heavy atom. The van der Waals surface area contributed by atoms with Gasteiger partial charge in [-0.1, -0.05) is 84.9 Å². The molecule has 0 radical (unpaired) electrons. The molecule has 0 fully saturated rings. The zero-order chi connectivity index (χ0) is 32.0. The minimum atomic E-state index is -4.25. The second-order valence-corrected chi connectivity index (χ2v) is 13.0. The van der Waals surface area contributed by atoms with Crippen LogP contribution in [0.15, 0.2) is 126 Å². The highest BCUT2D eigenvalue weighted by molar-refractivity contribution is 7.85. The van der Waals surface area contributed by atoms with E-state index in [9.17, 15) is 13.0 Å². The Morgan fingerprint density at radius 3 is 1.56 bits per heavy atom. The van der Waals surface area contributed by atoms with Gasteiger partial charge in [-0.05, 0) is 103 Å². The van der Waals surface area contributed by atoms with E-state index in [1.807, 2.05) is 6.07 Å². The van der Waals surface area contributed by atoms with Gasteiger partial charge in [-0.15, -0.1) is 0 Å². The van der Waals surface area contributed by atoms with Crippen LogP contribution in [-0.2, 0) is 23.2 Å². The number of rotatable bonds is 12. The van der Waals surface area contributed by atoms with Crippen LogP contribution < -0.4 is 9.80 Å². The maximum Gasteiger partial charge on any atom is 0.294 e. The molecule has 6 heteroatoms. The fourth-order valence-corrected chi connectivity index (χ4v) is 6.71. The van der Waals surface area contributed by atoms with Crippen molar-refractivity contribution in [3.63, 3.8) is 0 Å². The Labute approximate surface area is 268 Å². The molecule has 45 heavy (non-hydrogen) atoms. The second kappa shape index (κ2) is 14.1. The number of benzene rings is 5. The van der Waals surface area contributed by atoms with Gasteiger partial charge in [0.25, 0.3) is 10.1 Å². The van der Waals surface area contributed by atoms with Crippen molar-refractivity contribution in [2.75, 3.05) is 22.9 Å². The first-order chi connectivity index (χ1) is 21.7. The van der Waals surface area contributed by atoms with Crippen LogP contribution in [0.5, 0.6) is 0 Å². The normalized spacial score (nSPS) is 12.1. The summed E-state index contributed by atoms with van der Waals surface area (Å²) in [6, 6.07) is 41.3. The molecule has 5 aromatic rings. The smallest absolute Gasteiger partial charge is 0.294 e. The molecule has 5 aromatic carbocycles. The van der Waals surface area contributed by atoms with Gasteiger partial charge >= 0.3 is 0 Å². The molecule has 1 N–H and O–H groups in total. The van der Waals surface area contributed by atoms with E-state index in [1.165, 1.54) is 51.2 Å². The molecule has 0 aliphatic heterocycles. The number of nitrogens with zero attached hydrogens (tertiary/aromatic N) is 2. The summed E-state index contributed by atoms with van der Waals surface area (Å²) in [5.41, 5.74) is 10.7. The van der Waals surface area contributed by atoms with Crippen molar-refractivity contribution in [1.29, 1.82) is 0 Å². The third-order valence-electron chi connectivity index (χ3n) is 8.56. The lowest BCUT2D eigenvalue weighted by Crippen LogP contribution is -2.22. The summed E-state index contributed by atoms with van der Waals surface area (Å²) in [4.78, 5) is 4.50.